The van der Waals surface area contributed by atoms with Gasteiger partial charge in [0, 0.05) is 36.6 Å². The van der Waals surface area contributed by atoms with Gasteiger partial charge in [-0.05, 0) is 59.9 Å². The Morgan fingerprint density at radius 1 is 1.09 bits per heavy atom. The van der Waals surface area contributed by atoms with Crippen molar-refractivity contribution in [3.05, 3.63) is 83.9 Å². The van der Waals surface area contributed by atoms with Crippen molar-refractivity contribution in [1.29, 1.82) is 0 Å². The maximum Gasteiger partial charge on any atom is 0.405 e. The van der Waals surface area contributed by atoms with Gasteiger partial charge in [0.15, 0.2) is 5.82 Å². The van der Waals surface area contributed by atoms with Crippen molar-refractivity contribution >= 4 is 17.7 Å². The van der Waals surface area contributed by atoms with Crippen LogP contribution in [-0.2, 0) is 17.6 Å². The molecule has 0 bridgehead atoms. The van der Waals surface area contributed by atoms with E-state index in [0.717, 1.165) is 33.5 Å². The van der Waals surface area contributed by atoms with Gasteiger partial charge in [-0.15, -0.1) is 10.2 Å². The van der Waals surface area contributed by atoms with Gasteiger partial charge in [0.1, 0.15) is 11.9 Å². The molecule has 2 aromatic carbocycles. The van der Waals surface area contributed by atoms with Crippen LogP contribution in [0.1, 0.15) is 17.0 Å². The maximum absolute atomic E-state index is 13.7. The fraction of sp³-hybridized carbons (Fsp3) is 0.192. The second-order valence-electron chi connectivity index (χ2n) is 8.45. The molecule has 3 N–H and O–H groups in total. The Bertz CT molecular complexity index is 1370. The number of rotatable bonds is 6. The minimum absolute atomic E-state index is 0.260. The average molecular weight is 469 g/mol. The molecule has 1 atom stereocenters. The molecule has 3 heterocycles. The Balaban J connectivity index is 1.57. The van der Waals surface area contributed by atoms with E-state index in [1.54, 1.807) is 17.3 Å². The van der Waals surface area contributed by atoms with Crippen molar-refractivity contribution in [3.8, 4) is 22.5 Å². The number of aromatic nitrogens is 4. The van der Waals surface area contributed by atoms with Gasteiger partial charge in [0.25, 0.3) is 0 Å². The first-order valence-corrected chi connectivity index (χ1v) is 11.3. The molecule has 9 heteroatoms. The number of anilines is 1. The smallest absolute Gasteiger partial charge is 0.405 e. The number of hydrogen-bond donors (Lipinski definition) is 3. The normalized spacial score (nSPS) is 13.3. The molecule has 2 aromatic heterocycles. The summed E-state index contributed by atoms with van der Waals surface area (Å²) in [4.78, 5) is 34.2. The minimum Gasteiger partial charge on any atom is -0.465 e. The lowest BCUT2D eigenvalue weighted by molar-refractivity contribution is -0.120. The lowest BCUT2D eigenvalue weighted by Gasteiger charge is -2.25. The van der Waals surface area contributed by atoms with Gasteiger partial charge < -0.3 is 20.3 Å². The number of amides is 2. The predicted octanol–water partition coefficient (Wildman–Crippen LogP) is 3.61. The molecule has 0 aliphatic carbocycles. The Morgan fingerprint density at radius 2 is 1.86 bits per heavy atom. The van der Waals surface area contributed by atoms with Gasteiger partial charge in [0.05, 0.1) is 0 Å². The van der Waals surface area contributed by atoms with Crippen LogP contribution in [0, 0.1) is 6.92 Å². The Morgan fingerprint density at radius 3 is 2.54 bits per heavy atom. The molecule has 2 amide bonds. The maximum atomic E-state index is 13.7. The van der Waals surface area contributed by atoms with E-state index in [2.05, 4.69) is 25.5 Å². The number of hydrogen-bond acceptors (Lipinski definition) is 5. The standard InChI is InChI=1S/C26H24N6O3/c1-16-28-24(31-30-16)21-14-19(18-7-10-27-11-8-18)15-23-20(21)9-12-32(23)25(33)22(29-26(34)35)13-17-5-3-2-4-6-17/h2-8,10-11,14-15,22,29H,9,12-13H2,1H3,(H,34,35)(H,28,30,31)/t22-/m0/s1. The number of H-pyrrole nitrogens is 1. The van der Waals surface area contributed by atoms with E-state index in [0.29, 0.717) is 24.6 Å². The summed E-state index contributed by atoms with van der Waals surface area (Å²) >= 11 is 0. The number of aromatic amines is 1. The van der Waals surface area contributed by atoms with Gasteiger partial charge in [-0.25, -0.2) is 4.79 Å². The lowest BCUT2D eigenvalue weighted by Crippen LogP contribution is -2.49. The van der Waals surface area contributed by atoms with Crippen LogP contribution in [0.15, 0.2) is 67.0 Å². The van der Waals surface area contributed by atoms with Gasteiger partial charge in [0.2, 0.25) is 5.91 Å². The number of nitrogens with zero attached hydrogens (tertiary/aromatic N) is 4. The zero-order chi connectivity index (χ0) is 24.4. The summed E-state index contributed by atoms with van der Waals surface area (Å²) in [5, 5.41) is 20.2. The molecule has 0 saturated carbocycles. The van der Waals surface area contributed by atoms with Crippen LogP contribution < -0.4 is 10.2 Å². The highest BCUT2D eigenvalue weighted by Crippen LogP contribution is 2.39. The molecule has 0 fully saturated rings. The van der Waals surface area contributed by atoms with E-state index < -0.39 is 12.1 Å². The van der Waals surface area contributed by atoms with Crippen molar-refractivity contribution in [2.24, 2.45) is 0 Å². The monoisotopic (exact) mass is 468 g/mol. The molecule has 176 valence electrons. The van der Waals surface area contributed by atoms with E-state index in [9.17, 15) is 14.7 Å². The van der Waals surface area contributed by atoms with E-state index in [1.807, 2.05) is 61.5 Å². The second-order valence-corrected chi connectivity index (χ2v) is 8.45. The third-order valence-electron chi connectivity index (χ3n) is 6.12. The highest BCUT2D eigenvalue weighted by atomic mass is 16.4. The zero-order valence-corrected chi connectivity index (χ0v) is 19.1. The van der Waals surface area contributed by atoms with Crippen LogP contribution >= 0.6 is 0 Å². The van der Waals surface area contributed by atoms with Crippen LogP contribution in [0.25, 0.3) is 22.5 Å². The molecule has 0 saturated heterocycles. The molecular weight excluding hydrogens is 444 g/mol. The van der Waals surface area contributed by atoms with E-state index in [-0.39, 0.29) is 12.3 Å². The largest absolute Gasteiger partial charge is 0.465 e. The van der Waals surface area contributed by atoms with Crippen molar-refractivity contribution in [3.63, 3.8) is 0 Å². The van der Waals surface area contributed by atoms with Crippen molar-refractivity contribution < 1.29 is 14.7 Å². The first-order chi connectivity index (χ1) is 17.0. The molecule has 0 radical (unpaired) electrons. The van der Waals surface area contributed by atoms with Crippen LogP contribution in [0.5, 0.6) is 0 Å². The molecule has 1 aliphatic rings. The highest BCUT2D eigenvalue weighted by molar-refractivity contribution is 6.02. The molecule has 4 aromatic rings. The molecule has 0 unspecified atom stereocenters. The summed E-state index contributed by atoms with van der Waals surface area (Å²) in [6, 6.07) is 16.3. The van der Waals surface area contributed by atoms with Gasteiger partial charge in [-0.1, -0.05) is 30.3 Å². The number of carboxylic acid groups (broad SMARTS) is 1. The summed E-state index contributed by atoms with van der Waals surface area (Å²) in [5.74, 6) is 1.04. The molecular formula is C26H24N6O3. The summed E-state index contributed by atoms with van der Waals surface area (Å²) in [5.41, 5.74) is 5.32. The van der Waals surface area contributed by atoms with Crippen molar-refractivity contribution in [2.75, 3.05) is 11.4 Å². The van der Waals surface area contributed by atoms with Gasteiger partial charge in [-0.2, -0.15) is 0 Å². The van der Waals surface area contributed by atoms with Crippen LogP contribution in [0.2, 0.25) is 0 Å². The third kappa shape index (κ3) is 4.61. The quantitative estimate of drug-likeness (QED) is 0.397. The molecule has 1 aliphatic heterocycles. The van der Waals surface area contributed by atoms with Crippen molar-refractivity contribution in [2.45, 2.75) is 25.8 Å². The second kappa shape index (κ2) is 9.38. The summed E-state index contributed by atoms with van der Waals surface area (Å²) < 4.78 is 0. The van der Waals surface area contributed by atoms with E-state index in [1.165, 1.54) is 0 Å². The topological polar surface area (TPSA) is 124 Å². The van der Waals surface area contributed by atoms with E-state index in [4.69, 9.17) is 0 Å². The zero-order valence-electron chi connectivity index (χ0n) is 19.1. The number of carbonyl (C=O) groups excluding carboxylic acids is 1. The summed E-state index contributed by atoms with van der Waals surface area (Å²) in [6.45, 7) is 2.28. The Labute approximate surface area is 201 Å². The number of nitrogens with one attached hydrogen (secondary N) is 2. The van der Waals surface area contributed by atoms with Gasteiger partial charge in [-0.3, -0.25) is 9.78 Å². The van der Waals surface area contributed by atoms with Crippen LogP contribution in [0.4, 0.5) is 10.5 Å². The fourth-order valence-electron chi connectivity index (χ4n) is 4.51. The van der Waals surface area contributed by atoms with E-state index >= 15 is 0 Å². The SMILES string of the molecule is Cc1nnc(-c2cc(-c3ccncc3)cc3c2CCN3C(=O)[C@H](Cc2ccccc2)NC(=O)O)[nH]1. The van der Waals surface area contributed by atoms with Crippen LogP contribution in [-0.4, -0.2) is 49.9 Å². The van der Waals surface area contributed by atoms with Crippen LogP contribution in [0.3, 0.4) is 0 Å². The average Bonchev–Trinajstić information content (AvgIpc) is 3.50. The highest BCUT2D eigenvalue weighted by Gasteiger charge is 2.33. The van der Waals surface area contributed by atoms with Crippen molar-refractivity contribution in [1.82, 2.24) is 25.5 Å². The first-order valence-electron chi connectivity index (χ1n) is 11.3. The molecule has 9 nitrogen and oxygen atoms in total. The minimum atomic E-state index is -1.23. The predicted molar refractivity (Wildman–Crippen MR) is 131 cm³/mol. The third-order valence-corrected chi connectivity index (χ3v) is 6.12. The number of pyridine rings is 1. The number of carbonyl (C=O) groups is 2. The first kappa shape index (κ1) is 22.3. The Hall–Kier alpha value is -4.53. The number of fused-ring (bicyclic) bond motifs is 1. The molecule has 5 rings (SSSR count). The summed E-state index contributed by atoms with van der Waals surface area (Å²) in [7, 11) is 0. The molecule has 0 spiro atoms. The number of aryl methyl sites for hydroxylation is 1. The van der Waals surface area contributed by atoms with Gasteiger partial charge >= 0.3 is 6.09 Å². The summed E-state index contributed by atoms with van der Waals surface area (Å²) in [6.07, 6.45) is 3.09. The number of benzene rings is 2. The fourth-order valence-corrected chi connectivity index (χ4v) is 4.51. The lowest BCUT2D eigenvalue weighted by atomic mass is 9.97. The molecule has 35 heavy (non-hydrogen) atoms. The Kier molecular flexibility index (Phi) is 5.97.